The number of piperazine rings is 1. The van der Waals surface area contributed by atoms with Gasteiger partial charge in [0.1, 0.15) is 23.7 Å². The Balaban J connectivity index is 1.32. The molecule has 6 rings (SSSR count). The average molecular weight is 572 g/mol. The number of hydrogen-bond acceptors (Lipinski definition) is 8. The van der Waals surface area contributed by atoms with E-state index in [-0.39, 0.29) is 22.9 Å². The molecule has 4 aromatic rings. The van der Waals surface area contributed by atoms with E-state index in [1.165, 1.54) is 35.3 Å². The van der Waals surface area contributed by atoms with Crippen molar-refractivity contribution in [3.63, 3.8) is 0 Å². The summed E-state index contributed by atoms with van der Waals surface area (Å²) in [5, 5.41) is 12.3. The van der Waals surface area contributed by atoms with Crippen molar-refractivity contribution in [3.8, 4) is 28.6 Å². The van der Waals surface area contributed by atoms with Crippen LogP contribution in [-0.2, 0) is 4.79 Å². The number of alkyl halides is 2. The number of amides is 1. The summed E-state index contributed by atoms with van der Waals surface area (Å²) in [7, 11) is 2.03. The Morgan fingerprint density at radius 2 is 1.86 bits per heavy atom. The van der Waals surface area contributed by atoms with Crippen molar-refractivity contribution >= 4 is 22.5 Å². The second-order valence-electron chi connectivity index (χ2n) is 10.6. The van der Waals surface area contributed by atoms with Crippen LogP contribution in [0.5, 0.6) is 5.75 Å². The molecule has 214 valence electrons. The third-order valence-corrected chi connectivity index (χ3v) is 7.92. The fourth-order valence-corrected chi connectivity index (χ4v) is 5.39. The van der Waals surface area contributed by atoms with Gasteiger partial charge in [0.05, 0.1) is 27.8 Å². The van der Waals surface area contributed by atoms with Crippen LogP contribution in [-0.4, -0.2) is 75.6 Å². The molecule has 2 aromatic carbocycles. The SMILES string of the molecule is CN1CCN(C2(C(=O)Nc3cc(-n4cnc5cc(-c6cncc(C#N)c6)ccc5c4=O)ccc3OC(F)F)CC2)CC1. The van der Waals surface area contributed by atoms with Gasteiger partial charge in [-0.15, -0.1) is 0 Å². The number of anilines is 1. The first-order valence-electron chi connectivity index (χ1n) is 13.5. The van der Waals surface area contributed by atoms with Gasteiger partial charge < -0.3 is 15.0 Å². The molecule has 1 N–H and O–H groups in total. The Kier molecular flexibility index (Phi) is 7.14. The lowest BCUT2D eigenvalue weighted by atomic mass is 10.0. The Morgan fingerprint density at radius 3 is 2.57 bits per heavy atom. The highest BCUT2D eigenvalue weighted by Gasteiger charge is 2.54. The molecule has 1 saturated carbocycles. The number of nitrogens with zero attached hydrogens (tertiary/aromatic N) is 6. The average Bonchev–Trinajstić information content (AvgIpc) is 3.81. The van der Waals surface area contributed by atoms with Crippen molar-refractivity contribution in [2.24, 2.45) is 0 Å². The number of carbonyl (C=O) groups excluding carboxylic acids is 1. The maximum absolute atomic E-state index is 13.5. The summed E-state index contributed by atoms with van der Waals surface area (Å²) in [4.78, 5) is 39.9. The zero-order valence-electron chi connectivity index (χ0n) is 22.8. The molecule has 0 radical (unpaired) electrons. The van der Waals surface area contributed by atoms with Crippen molar-refractivity contribution < 1.29 is 18.3 Å². The normalized spacial score (nSPS) is 16.7. The quantitative estimate of drug-likeness (QED) is 0.358. The molecule has 2 fully saturated rings. The van der Waals surface area contributed by atoms with Crippen molar-refractivity contribution in [2.75, 3.05) is 38.5 Å². The minimum Gasteiger partial charge on any atom is -0.433 e. The topological polar surface area (TPSA) is 116 Å². The fourth-order valence-electron chi connectivity index (χ4n) is 5.39. The van der Waals surface area contributed by atoms with Gasteiger partial charge in [0.25, 0.3) is 5.56 Å². The number of ether oxygens (including phenoxy) is 1. The van der Waals surface area contributed by atoms with E-state index in [9.17, 15) is 23.6 Å². The minimum atomic E-state index is -3.10. The van der Waals surface area contributed by atoms with E-state index in [2.05, 4.69) is 31.2 Å². The minimum absolute atomic E-state index is 0.0467. The molecule has 42 heavy (non-hydrogen) atoms. The van der Waals surface area contributed by atoms with Gasteiger partial charge in [-0.2, -0.15) is 14.0 Å². The molecule has 1 aliphatic carbocycles. The molecule has 10 nitrogen and oxygen atoms in total. The number of halogens is 2. The monoisotopic (exact) mass is 571 g/mol. The van der Waals surface area contributed by atoms with Gasteiger partial charge in [-0.1, -0.05) is 6.07 Å². The van der Waals surface area contributed by atoms with Gasteiger partial charge in [0.15, 0.2) is 0 Å². The van der Waals surface area contributed by atoms with Crippen LogP contribution in [0.3, 0.4) is 0 Å². The summed E-state index contributed by atoms with van der Waals surface area (Å²) >= 11 is 0. The van der Waals surface area contributed by atoms with Crippen LogP contribution in [0.15, 0.2) is 66.0 Å². The highest BCUT2D eigenvalue weighted by Crippen LogP contribution is 2.44. The summed E-state index contributed by atoms with van der Waals surface area (Å²) in [6.07, 6.45) is 5.80. The summed E-state index contributed by atoms with van der Waals surface area (Å²) in [6.45, 7) is 0.0662. The van der Waals surface area contributed by atoms with Gasteiger partial charge in [-0.05, 0) is 61.9 Å². The van der Waals surface area contributed by atoms with Crippen LogP contribution < -0.4 is 15.6 Å². The molecule has 1 amide bonds. The zero-order valence-corrected chi connectivity index (χ0v) is 22.8. The Hall–Kier alpha value is -4.73. The first-order valence-corrected chi connectivity index (χ1v) is 13.5. The van der Waals surface area contributed by atoms with Crippen LogP contribution in [0.25, 0.3) is 27.7 Å². The molecule has 1 aliphatic heterocycles. The van der Waals surface area contributed by atoms with Crippen LogP contribution in [0.2, 0.25) is 0 Å². The largest absolute Gasteiger partial charge is 0.433 e. The number of carbonyl (C=O) groups is 1. The molecule has 0 unspecified atom stereocenters. The molecule has 12 heteroatoms. The number of nitrogens with one attached hydrogen (secondary N) is 1. The lowest BCUT2D eigenvalue weighted by Crippen LogP contribution is -2.54. The molecular formula is C30H27F2N7O3. The van der Waals surface area contributed by atoms with Crippen molar-refractivity contribution in [2.45, 2.75) is 25.0 Å². The smallest absolute Gasteiger partial charge is 0.387 e. The van der Waals surface area contributed by atoms with Crippen molar-refractivity contribution in [1.29, 1.82) is 5.26 Å². The van der Waals surface area contributed by atoms with Gasteiger partial charge in [0, 0.05) is 44.1 Å². The number of aromatic nitrogens is 3. The molecular weight excluding hydrogens is 544 g/mol. The summed E-state index contributed by atoms with van der Waals surface area (Å²) < 4.78 is 32.5. The van der Waals surface area contributed by atoms with Gasteiger partial charge in [-0.3, -0.25) is 24.0 Å². The number of fused-ring (bicyclic) bond motifs is 1. The van der Waals surface area contributed by atoms with Gasteiger partial charge in [-0.25, -0.2) is 4.98 Å². The van der Waals surface area contributed by atoms with Gasteiger partial charge in [0.2, 0.25) is 5.91 Å². The number of rotatable bonds is 7. The Morgan fingerprint density at radius 1 is 1.07 bits per heavy atom. The van der Waals surface area contributed by atoms with Crippen molar-refractivity contribution in [3.05, 3.63) is 77.1 Å². The first kappa shape index (κ1) is 27.4. The predicted molar refractivity (Wildman–Crippen MR) is 152 cm³/mol. The molecule has 0 bridgehead atoms. The fraction of sp³-hybridized carbons (Fsp3) is 0.300. The number of likely N-dealkylation sites (N-methyl/N-ethyl adjacent to an activating group) is 1. The summed E-state index contributed by atoms with van der Waals surface area (Å²) in [6, 6.07) is 13.1. The van der Waals surface area contributed by atoms with E-state index in [1.807, 2.05) is 7.05 Å². The highest BCUT2D eigenvalue weighted by molar-refractivity contribution is 6.01. The van der Waals surface area contributed by atoms with Crippen LogP contribution in [0.4, 0.5) is 14.5 Å². The standard InChI is InChI=1S/C30H27F2N7O3/c1-37-8-10-38(11-9-37)30(6-7-30)28(41)36-25-14-22(3-5-26(25)42-29(31)32)39-18-35-24-13-20(2-4-23(24)27(39)40)21-12-19(15-33)16-34-17-21/h2-5,12-14,16-18,29H,6-11H2,1H3,(H,36,41). The molecule has 0 atom stereocenters. The second-order valence-corrected chi connectivity index (χ2v) is 10.6. The predicted octanol–water partition coefficient (Wildman–Crippen LogP) is 3.64. The third kappa shape index (κ3) is 5.20. The summed E-state index contributed by atoms with van der Waals surface area (Å²) in [5.41, 5.74) is 1.61. The van der Waals surface area contributed by atoms with E-state index in [1.54, 1.807) is 30.5 Å². The first-order chi connectivity index (χ1) is 20.3. The molecule has 2 aliphatic rings. The molecule has 0 spiro atoms. The van der Waals surface area contributed by atoms with Crippen molar-refractivity contribution in [1.82, 2.24) is 24.3 Å². The van der Waals surface area contributed by atoms with E-state index in [4.69, 9.17) is 4.74 Å². The van der Waals surface area contributed by atoms with Crippen LogP contribution in [0.1, 0.15) is 18.4 Å². The lowest BCUT2D eigenvalue weighted by molar-refractivity contribution is -0.123. The van der Waals surface area contributed by atoms with E-state index in [0.29, 0.717) is 40.6 Å². The second kappa shape index (κ2) is 10.9. The number of pyridine rings is 1. The van der Waals surface area contributed by atoms with Gasteiger partial charge >= 0.3 is 6.61 Å². The van der Waals surface area contributed by atoms with E-state index < -0.39 is 12.2 Å². The maximum atomic E-state index is 13.5. The van der Waals surface area contributed by atoms with Crippen LogP contribution in [0, 0.1) is 11.3 Å². The van der Waals surface area contributed by atoms with E-state index in [0.717, 1.165) is 31.7 Å². The zero-order chi connectivity index (χ0) is 29.4. The number of hydrogen-bond donors (Lipinski definition) is 1. The number of benzene rings is 2. The summed E-state index contributed by atoms with van der Waals surface area (Å²) in [5.74, 6) is -0.481. The highest BCUT2D eigenvalue weighted by atomic mass is 19.3. The molecule has 1 saturated heterocycles. The van der Waals surface area contributed by atoms with E-state index >= 15 is 0 Å². The molecule has 3 heterocycles. The maximum Gasteiger partial charge on any atom is 0.387 e. The lowest BCUT2D eigenvalue weighted by Gasteiger charge is -2.37. The molecule has 2 aromatic heterocycles. The number of nitriles is 1. The van der Waals surface area contributed by atoms with Crippen LogP contribution >= 0.6 is 0 Å². The third-order valence-electron chi connectivity index (χ3n) is 7.92. The Bertz CT molecular complexity index is 1770. The Labute approximate surface area is 239 Å².